The van der Waals surface area contributed by atoms with Crippen LogP contribution in [0.25, 0.3) is 0 Å². The molecule has 0 aliphatic rings. The maximum atomic E-state index is 6.09. The molecule has 1 aromatic carbocycles. The number of aryl methyl sites for hydroxylation is 2. The molecular formula is C17H29NO. The van der Waals surface area contributed by atoms with Gasteiger partial charge in [0.25, 0.3) is 0 Å². The molecule has 108 valence electrons. The minimum absolute atomic E-state index is 0.327. The Bertz CT molecular complexity index is 374. The second-order valence-corrected chi connectivity index (χ2v) is 5.52. The van der Waals surface area contributed by atoms with Crippen LogP contribution in [0.5, 0.6) is 5.75 Å². The third kappa shape index (κ3) is 5.23. The molecule has 0 fully saturated rings. The van der Waals surface area contributed by atoms with E-state index in [9.17, 15) is 0 Å². The zero-order chi connectivity index (χ0) is 14.3. The molecule has 0 spiro atoms. The topological polar surface area (TPSA) is 35.2 Å². The summed E-state index contributed by atoms with van der Waals surface area (Å²) in [5, 5.41) is 0. The number of hydrogen-bond acceptors (Lipinski definition) is 2. The fourth-order valence-corrected chi connectivity index (χ4v) is 2.29. The molecule has 1 unspecified atom stereocenters. The Balaban J connectivity index is 2.58. The molecule has 2 heteroatoms. The lowest BCUT2D eigenvalue weighted by Crippen LogP contribution is -2.26. The standard InChI is InChI=1S/C17H29NO/c1-5-14-12-16(19-6-2)11-10-15(14)8-7-9-17(18)13(3)4/h10-13,17H,5-9,18H2,1-4H3. The van der Waals surface area contributed by atoms with Crippen molar-refractivity contribution in [1.82, 2.24) is 0 Å². The van der Waals surface area contributed by atoms with Crippen LogP contribution < -0.4 is 10.5 Å². The molecule has 1 atom stereocenters. The van der Waals surface area contributed by atoms with Gasteiger partial charge >= 0.3 is 0 Å². The van der Waals surface area contributed by atoms with Crippen molar-refractivity contribution in [2.45, 2.75) is 59.4 Å². The van der Waals surface area contributed by atoms with Gasteiger partial charge in [-0.3, -0.25) is 0 Å². The van der Waals surface area contributed by atoms with Gasteiger partial charge in [-0.1, -0.05) is 26.8 Å². The number of benzene rings is 1. The number of rotatable bonds is 8. The van der Waals surface area contributed by atoms with Crippen LogP contribution in [-0.4, -0.2) is 12.6 Å². The van der Waals surface area contributed by atoms with Gasteiger partial charge in [-0.2, -0.15) is 0 Å². The lowest BCUT2D eigenvalue weighted by atomic mass is 9.95. The summed E-state index contributed by atoms with van der Waals surface area (Å²) in [4.78, 5) is 0. The minimum atomic E-state index is 0.327. The Hall–Kier alpha value is -1.02. The van der Waals surface area contributed by atoms with Crippen LogP contribution in [0.3, 0.4) is 0 Å². The third-order valence-electron chi connectivity index (χ3n) is 3.71. The molecule has 2 nitrogen and oxygen atoms in total. The summed E-state index contributed by atoms with van der Waals surface area (Å²) in [6, 6.07) is 6.81. The average molecular weight is 263 g/mol. The summed E-state index contributed by atoms with van der Waals surface area (Å²) in [7, 11) is 0. The first-order valence-corrected chi connectivity index (χ1v) is 7.58. The summed E-state index contributed by atoms with van der Waals surface area (Å²) >= 11 is 0. The van der Waals surface area contributed by atoms with Gasteiger partial charge in [0.1, 0.15) is 5.75 Å². The van der Waals surface area contributed by atoms with Crippen LogP contribution in [0.2, 0.25) is 0 Å². The Morgan fingerprint density at radius 3 is 2.47 bits per heavy atom. The van der Waals surface area contributed by atoms with Crippen molar-refractivity contribution in [3.63, 3.8) is 0 Å². The predicted molar refractivity (Wildman–Crippen MR) is 82.7 cm³/mol. The van der Waals surface area contributed by atoms with Gasteiger partial charge in [-0.15, -0.1) is 0 Å². The molecule has 0 radical (unpaired) electrons. The molecule has 1 aromatic rings. The molecule has 0 aliphatic carbocycles. The summed E-state index contributed by atoms with van der Waals surface area (Å²) in [5.41, 5.74) is 8.95. The van der Waals surface area contributed by atoms with E-state index in [2.05, 4.69) is 39.0 Å². The monoisotopic (exact) mass is 263 g/mol. The Labute approximate surface area is 118 Å². The van der Waals surface area contributed by atoms with Crippen LogP contribution in [0.4, 0.5) is 0 Å². The van der Waals surface area contributed by atoms with E-state index < -0.39 is 0 Å². The molecule has 0 bridgehead atoms. The van der Waals surface area contributed by atoms with Gasteiger partial charge < -0.3 is 10.5 Å². The largest absolute Gasteiger partial charge is 0.494 e. The van der Waals surface area contributed by atoms with Crippen molar-refractivity contribution >= 4 is 0 Å². The second kappa shape index (κ2) is 8.21. The molecule has 0 saturated carbocycles. The molecule has 0 aromatic heterocycles. The Morgan fingerprint density at radius 1 is 1.16 bits per heavy atom. The van der Waals surface area contributed by atoms with Crippen LogP contribution in [0.1, 0.15) is 51.7 Å². The maximum absolute atomic E-state index is 6.09. The zero-order valence-electron chi connectivity index (χ0n) is 12.9. The first-order chi connectivity index (χ1) is 9.08. The smallest absolute Gasteiger partial charge is 0.119 e. The second-order valence-electron chi connectivity index (χ2n) is 5.52. The van der Waals surface area contributed by atoms with E-state index in [1.165, 1.54) is 17.5 Å². The van der Waals surface area contributed by atoms with Crippen molar-refractivity contribution < 1.29 is 4.74 Å². The van der Waals surface area contributed by atoms with E-state index in [0.29, 0.717) is 12.0 Å². The first kappa shape index (κ1) is 16.0. The molecule has 0 saturated heterocycles. The normalized spacial score (nSPS) is 12.7. The number of nitrogens with two attached hydrogens (primary N) is 1. The van der Waals surface area contributed by atoms with E-state index in [-0.39, 0.29) is 0 Å². The summed E-state index contributed by atoms with van der Waals surface area (Å²) in [6.45, 7) is 9.34. The average Bonchev–Trinajstić information content (AvgIpc) is 2.40. The number of hydrogen-bond donors (Lipinski definition) is 1. The van der Waals surface area contributed by atoms with Crippen LogP contribution in [0, 0.1) is 5.92 Å². The molecular weight excluding hydrogens is 234 g/mol. The van der Waals surface area contributed by atoms with E-state index in [1.807, 2.05) is 6.92 Å². The van der Waals surface area contributed by atoms with Crippen molar-refractivity contribution in [3.8, 4) is 5.75 Å². The van der Waals surface area contributed by atoms with Crippen LogP contribution in [0.15, 0.2) is 18.2 Å². The number of ether oxygens (including phenoxy) is 1. The lowest BCUT2D eigenvalue weighted by Gasteiger charge is -2.16. The van der Waals surface area contributed by atoms with Gasteiger partial charge in [0.05, 0.1) is 6.61 Å². The third-order valence-corrected chi connectivity index (χ3v) is 3.71. The van der Waals surface area contributed by atoms with Crippen LogP contribution in [-0.2, 0) is 12.8 Å². The fourth-order valence-electron chi connectivity index (χ4n) is 2.29. The van der Waals surface area contributed by atoms with E-state index >= 15 is 0 Å². The van der Waals surface area contributed by atoms with Gasteiger partial charge in [0.15, 0.2) is 0 Å². The van der Waals surface area contributed by atoms with Crippen molar-refractivity contribution in [1.29, 1.82) is 0 Å². The zero-order valence-corrected chi connectivity index (χ0v) is 12.9. The summed E-state index contributed by atoms with van der Waals surface area (Å²) in [5.74, 6) is 1.56. The summed E-state index contributed by atoms with van der Waals surface area (Å²) < 4.78 is 5.56. The van der Waals surface area contributed by atoms with Gasteiger partial charge in [-0.05, 0) is 61.8 Å². The van der Waals surface area contributed by atoms with Crippen molar-refractivity contribution in [2.24, 2.45) is 11.7 Å². The lowest BCUT2D eigenvalue weighted by molar-refractivity contribution is 0.340. The molecule has 2 N–H and O–H groups in total. The van der Waals surface area contributed by atoms with Gasteiger partial charge in [0, 0.05) is 6.04 Å². The Kier molecular flexibility index (Phi) is 6.93. The van der Waals surface area contributed by atoms with E-state index in [4.69, 9.17) is 10.5 Å². The van der Waals surface area contributed by atoms with Crippen molar-refractivity contribution in [3.05, 3.63) is 29.3 Å². The highest BCUT2D eigenvalue weighted by Gasteiger charge is 2.08. The molecule has 19 heavy (non-hydrogen) atoms. The summed E-state index contributed by atoms with van der Waals surface area (Å²) in [6.07, 6.45) is 4.46. The minimum Gasteiger partial charge on any atom is -0.494 e. The Morgan fingerprint density at radius 2 is 1.89 bits per heavy atom. The maximum Gasteiger partial charge on any atom is 0.119 e. The predicted octanol–water partition coefficient (Wildman–Crippen LogP) is 3.95. The van der Waals surface area contributed by atoms with E-state index in [1.54, 1.807) is 0 Å². The fraction of sp³-hybridized carbons (Fsp3) is 0.647. The van der Waals surface area contributed by atoms with E-state index in [0.717, 1.165) is 31.6 Å². The molecule has 0 heterocycles. The molecule has 1 rings (SSSR count). The highest BCUT2D eigenvalue weighted by Crippen LogP contribution is 2.21. The quantitative estimate of drug-likeness (QED) is 0.770. The highest BCUT2D eigenvalue weighted by atomic mass is 16.5. The van der Waals surface area contributed by atoms with Crippen molar-refractivity contribution in [2.75, 3.05) is 6.61 Å². The van der Waals surface area contributed by atoms with Crippen LogP contribution >= 0.6 is 0 Å². The molecule has 0 aliphatic heterocycles. The SMILES string of the molecule is CCOc1ccc(CCCC(N)C(C)C)c(CC)c1. The molecule has 0 amide bonds. The highest BCUT2D eigenvalue weighted by molar-refractivity contribution is 5.35. The first-order valence-electron chi connectivity index (χ1n) is 7.58. The van der Waals surface area contributed by atoms with Gasteiger partial charge in [0.2, 0.25) is 0 Å². The van der Waals surface area contributed by atoms with Gasteiger partial charge in [-0.25, -0.2) is 0 Å².